The second-order valence-electron chi connectivity index (χ2n) is 5.95. The lowest BCUT2D eigenvalue weighted by atomic mass is 10.00. The molecule has 0 fully saturated rings. The van der Waals surface area contributed by atoms with Gasteiger partial charge in [-0.05, 0) is 52.9 Å². The van der Waals surface area contributed by atoms with Crippen LogP contribution in [0.15, 0.2) is 36.4 Å². The molecule has 0 aliphatic rings. The number of nitrogens with zero attached hydrogens (tertiary/aromatic N) is 5. The summed E-state index contributed by atoms with van der Waals surface area (Å²) in [5, 5.41) is 18.9. The standard InChI is InChI=1S/C16H20N6/c1-11(2)10-13-4-6-14(7-5-13)12(3)17-15-8-9-16-18-20-21-22(16)19-15/h4-9,11-12H,10H2,1-3H3,(H,17,19)/t12-/m1/s1. The number of rotatable bonds is 5. The summed E-state index contributed by atoms with van der Waals surface area (Å²) in [5.74, 6) is 1.42. The number of hydrogen-bond acceptors (Lipinski definition) is 5. The molecule has 6 heteroatoms. The number of nitrogens with one attached hydrogen (secondary N) is 1. The second-order valence-corrected chi connectivity index (χ2v) is 5.95. The fourth-order valence-corrected chi connectivity index (χ4v) is 2.45. The van der Waals surface area contributed by atoms with Gasteiger partial charge in [0.1, 0.15) is 5.82 Å². The fourth-order valence-electron chi connectivity index (χ4n) is 2.45. The van der Waals surface area contributed by atoms with Crippen molar-refractivity contribution < 1.29 is 0 Å². The van der Waals surface area contributed by atoms with Gasteiger partial charge >= 0.3 is 0 Å². The molecule has 0 aliphatic heterocycles. The molecule has 6 nitrogen and oxygen atoms in total. The number of anilines is 1. The number of aromatic nitrogens is 5. The maximum absolute atomic E-state index is 4.33. The zero-order valence-electron chi connectivity index (χ0n) is 13.1. The molecule has 1 aromatic carbocycles. The molecule has 0 aliphatic carbocycles. The van der Waals surface area contributed by atoms with Crippen LogP contribution in [0.25, 0.3) is 5.65 Å². The molecule has 1 atom stereocenters. The fraction of sp³-hybridized carbons (Fsp3) is 0.375. The van der Waals surface area contributed by atoms with Crippen LogP contribution in [0.2, 0.25) is 0 Å². The summed E-state index contributed by atoms with van der Waals surface area (Å²) >= 11 is 0. The second kappa shape index (κ2) is 6.09. The summed E-state index contributed by atoms with van der Waals surface area (Å²) in [7, 11) is 0. The molecular weight excluding hydrogens is 276 g/mol. The van der Waals surface area contributed by atoms with E-state index in [9.17, 15) is 0 Å². The van der Waals surface area contributed by atoms with Crippen LogP contribution in [-0.2, 0) is 6.42 Å². The predicted molar refractivity (Wildman–Crippen MR) is 85.6 cm³/mol. The Kier molecular flexibility index (Phi) is 4.00. The van der Waals surface area contributed by atoms with Gasteiger partial charge in [0.2, 0.25) is 0 Å². The third kappa shape index (κ3) is 3.21. The van der Waals surface area contributed by atoms with Gasteiger partial charge in [0.25, 0.3) is 0 Å². The summed E-state index contributed by atoms with van der Waals surface area (Å²) in [6, 6.07) is 12.6. The topological polar surface area (TPSA) is 68.0 Å². The molecule has 0 radical (unpaired) electrons. The lowest BCUT2D eigenvalue weighted by Gasteiger charge is -2.15. The van der Waals surface area contributed by atoms with E-state index in [1.807, 2.05) is 12.1 Å². The SMILES string of the molecule is CC(C)Cc1ccc([C@@H](C)Nc2ccc3nnnn3n2)cc1. The van der Waals surface area contributed by atoms with Crippen molar-refractivity contribution in [1.29, 1.82) is 0 Å². The van der Waals surface area contributed by atoms with Gasteiger partial charge in [0.15, 0.2) is 5.65 Å². The molecule has 2 heterocycles. The number of benzene rings is 1. The van der Waals surface area contributed by atoms with E-state index in [-0.39, 0.29) is 6.04 Å². The van der Waals surface area contributed by atoms with Crippen molar-refractivity contribution in [2.75, 3.05) is 5.32 Å². The van der Waals surface area contributed by atoms with Crippen LogP contribution < -0.4 is 5.32 Å². The number of fused-ring (bicyclic) bond motifs is 1. The lowest BCUT2D eigenvalue weighted by Crippen LogP contribution is -2.10. The van der Waals surface area contributed by atoms with Crippen LogP contribution in [0.3, 0.4) is 0 Å². The first-order valence-corrected chi connectivity index (χ1v) is 7.52. The minimum Gasteiger partial charge on any atom is -0.362 e. The van der Waals surface area contributed by atoms with Crippen LogP contribution >= 0.6 is 0 Å². The van der Waals surface area contributed by atoms with Crippen molar-refractivity contribution in [3.63, 3.8) is 0 Å². The molecule has 0 unspecified atom stereocenters. The van der Waals surface area contributed by atoms with Crippen LogP contribution in [-0.4, -0.2) is 25.3 Å². The molecule has 1 N–H and O–H groups in total. The maximum Gasteiger partial charge on any atom is 0.200 e. The summed E-state index contributed by atoms with van der Waals surface area (Å²) in [6.07, 6.45) is 1.11. The molecule has 114 valence electrons. The zero-order valence-corrected chi connectivity index (χ0v) is 13.1. The Balaban J connectivity index is 1.71. The molecule has 0 bridgehead atoms. The van der Waals surface area contributed by atoms with Gasteiger partial charge in [-0.2, -0.15) is 0 Å². The van der Waals surface area contributed by atoms with Crippen molar-refractivity contribution in [3.8, 4) is 0 Å². The Hall–Kier alpha value is -2.50. The maximum atomic E-state index is 4.33. The minimum atomic E-state index is 0.162. The van der Waals surface area contributed by atoms with Crippen molar-refractivity contribution in [2.24, 2.45) is 5.92 Å². The molecule has 3 aromatic rings. The Morgan fingerprint density at radius 1 is 1.05 bits per heavy atom. The van der Waals surface area contributed by atoms with Crippen molar-refractivity contribution in [3.05, 3.63) is 47.5 Å². The minimum absolute atomic E-state index is 0.162. The highest BCUT2D eigenvalue weighted by Crippen LogP contribution is 2.19. The Bertz CT molecular complexity index is 747. The molecule has 0 saturated carbocycles. The molecule has 0 amide bonds. The molecule has 0 saturated heterocycles. The van der Waals surface area contributed by atoms with Gasteiger partial charge in [0.05, 0.1) is 0 Å². The van der Waals surface area contributed by atoms with Gasteiger partial charge in [-0.1, -0.05) is 38.1 Å². The number of tetrazole rings is 1. The van der Waals surface area contributed by atoms with E-state index in [1.54, 1.807) is 0 Å². The molecule has 0 spiro atoms. The quantitative estimate of drug-likeness (QED) is 0.784. The van der Waals surface area contributed by atoms with E-state index in [0.717, 1.165) is 12.2 Å². The summed E-state index contributed by atoms with van der Waals surface area (Å²) in [6.45, 7) is 6.58. The van der Waals surface area contributed by atoms with E-state index >= 15 is 0 Å². The van der Waals surface area contributed by atoms with Crippen molar-refractivity contribution in [1.82, 2.24) is 25.3 Å². The summed E-state index contributed by atoms with van der Waals surface area (Å²) in [4.78, 5) is 0. The smallest absolute Gasteiger partial charge is 0.200 e. The Morgan fingerprint density at radius 2 is 1.82 bits per heavy atom. The highest BCUT2D eigenvalue weighted by molar-refractivity contribution is 5.43. The van der Waals surface area contributed by atoms with Crippen LogP contribution in [0.5, 0.6) is 0 Å². The highest BCUT2D eigenvalue weighted by Gasteiger charge is 2.08. The van der Waals surface area contributed by atoms with E-state index in [2.05, 4.69) is 71.0 Å². The van der Waals surface area contributed by atoms with E-state index in [4.69, 9.17) is 0 Å². The molecular formula is C16H20N6. The van der Waals surface area contributed by atoms with Gasteiger partial charge in [-0.25, -0.2) is 0 Å². The van der Waals surface area contributed by atoms with Crippen molar-refractivity contribution in [2.45, 2.75) is 33.2 Å². The lowest BCUT2D eigenvalue weighted by molar-refractivity contribution is 0.647. The summed E-state index contributed by atoms with van der Waals surface area (Å²) < 4.78 is 1.42. The van der Waals surface area contributed by atoms with Gasteiger partial charge in [0, 0.05) is 6.04 Å². The van der Waals surface area contributed by atoms with E-state index in [0.29, 0.717) is 11.6 Å². The molecule has 3 rings (SSSR count). The first-order valence-electron chi connectivity index (χ1n) is 7.52. The highest BCUT2D eigenvalue weighted by atomic mass is 15.6. The van der Waals surface area contributed by atoms with Crippen molar-refractivity contribution >= 4 is 11.5 Å². The van der Waals surface area contributed by atoms with Gasteiger partial charge < -0.3 is 5.32 Å². The van der Waals surface area contributed by atoms with E-state index in [1.165, 1.54) is 15.8 Å². The molecule has 22 heavy (non-hydrogen) atoms. The largest absolute Gasteiger partial charge is 0.362 e. The Morgan fingerprint density at radius 3 is 2.55 bits per heavy atom. The van der Waals surface area contributed by atoms with Crippen LogP contribution in [0, 0.1) is 5.92 Å². The normalized spacial score (nSPS) is 12.7. The third-order valence-electron chi connectivity index (χ3n) is 3.56. The van der Waals surface area contributed by atoms with Gasteiger partial charge in [-0.3, -0.25) is 0 Å². The van der Waals surface area contributed by atoms with Crippen LogP contribution in [0.1, 0.15) is 37.9 Å². The summed E-state index contributed by atoms with van der Waals surface area (Å²) in [5.41, 5.74) is 3.24. The zero-order chi connectivity index (χ0) is 15.5. The third-order valence-corrected chi connectivity index (χ3v) is 3.56. The monoisotopic (exact) mass is 296 g/mol. The van der Waals surface area contributed by atoms with Crippen LogP contribution in [0.4, 0.5) is 5.82 Å². The average molecular weight is 296 g/mol. The first-order chi connectivity index (χ1) is 10.6. The predicted octanol–water partition coefficient (Wildman–Crippen LogP) is 2.89. The first kappa shape index (κ1) is 14.4. The average Bonchev–Trinajstić information content (AvgIpc) is 2.95. The number of hydrogen-bond donors (Lipinski definition) is 1. The van der Waals surface area contributed by atoms with E-state index < -0.39 is 0 Å². The Labute approximate surface area is 129 Å². The molecule has 2 aromatic heterocycles. The van der Waals surface area contributed by atoms with Gasteiger partial charge in [-0.15, -0.1) is 14.8 Å².